The fraction of sp³-hybridized carbons (Fsp3) is 0.333. The highest BCUT2D eigenvalue weighted by Crippen LogP contribution is 2.22. The lowest BCUT2D eigenvalue weighted by molar-refractivity contribution is -0.119. The number of hydrogen-bond donors (Lipinski definition) is 3. The van der Waals surface area contributed by atoms with Crippen molar-refractivity contribution >= 4 is 33.5 Å². The molecule has 5 nitrogen and oxygen atoms in total. The van der Waals surface area contributed by atoms with E-state index in [4.69, 9.17) is 10.8 Å². The Morgan fingerprint density at radius 2 is 2.00 bits per heavy atom. The Balaban J connectivity index is 2.99. The summed E-state index contributed by atoms with van der Waals surface area (Å²) in [6.07, 6.45) is 0. The molecule has 1 aromatic rings. The number of hydrogen-bond acceptors (Lipinski definition) is 3. The molecule has 1 aromatic carbocycles. The van der Waals surface area contributed by atoms with Crippen LogP contribution in [0.1, 0.15) is 24.2 Å². The number of benzene rings is 1. The van der Waals surface area contributed by atoms with E-state index in [1.54, 1.807) is 26.0 Å². The summed E-state index contributed by atoms with van der Waals surface area (Å²) in [5.74, 6) is -1.79. The SMILES string of the molecule is CC(N)C(C)C(=O)Nc1cc(Br)ccc1C(=O)O. The Labute approximate surface area is 113 Å². The predicted octanol–water partition coefficient (Wildman–Crippen LogP) is 2.07. The summed E-state index contributed by atoms with van der Waals surface area (Å²) in [6, 6.07) is 4.28. The highest BCUT2D eigenvalue weighted by molar-refractivity contribution is 9.10. The molecule has 1 rings (SSSR count). The maximum absolute atomic E-state index is 11.8. The highest BCUT2D eigenvalue weighted by atomic mass is 79.9. The Hall–Kier alpha value is -1.40. The molecule has 4 N–H and O–H groups in total. The number of rotatable bonds is 4. The topological polar surface area (TPSA) is 92.4 Å². The summed E-state index contributed by atoms with van der Waals surface area (Å²) >= 11 is 3.23. The van der Waals surface area contributed by atoms with Crippen LogP contribution in [-0.2, 0) is 4.79 Å². The van der Waals surface area contributed by atoms with Crippen molar-refractivity contribution in [1.29, 1.82) is 0 Å². The van der Waals surface area contributed by atoms with Crippen LogP contribution in [0.3, 0.4) is 0 Å². The molecule has 0 fully saturated rings. The molecule has 0 heterocycles. The molecule has 0 aliphatic rings. The molecule has 98 valence electrons. The van der Waals surface area contributed by atoms with Crippen molar-refractivity contribution in [3.05, 3.63) is 28.2 Å². The first-order valence-corrected chi connectivity index (χ1v) is 6.21. The largest absolute Gasteiger partial charge is 0.478 e. The third-order valence-corrected chi connectivity index (χ3v) is 3.17. The van der Waals surface area contributed by atoms with Gasteiger partial charge in [-0.1, -0.05) is 22.9 Å². The van der Waals surface area contributed by atoms with E-state index < -0.39 is 11.9 Å². The van der Waals surface area contributed by atoms with Crippen LogP contribution < -0.4 is 11.1 Å². The Bertz CT molecular complexity index is 474. The number of amides is 1. The van der Waals surface area contributed by atoms with Gasteiger partial charge >= 0.3 is 5.97 Å². The van der Waals surface area contributed by atoms with Crippen LogP contribution in [0.5, 0.6) is 0 Å². The highest BCUT2D eigenvalue weighted by Gasteiger charge is 2.19. The first kappa shape index (κ1) is 14.7. The maximum Gasteiger partial charge on any atom is 0.337 e. The minimum absolute atomic E-state index is 0.0448. The molecule has 0 saturated heterocycles. The van der Waals surface area contributed by atoms with Gasteiger partial charge in [-0.2, -0.15) is 0 Å². The lowest BCUT2D eigenvalue weighted by Gasteiger charge is -2.16. The molecule has 0 radical (unpaired) electrons. The molecule has 0 saturated carbocycles. The van der Waals surface area contributed by atoms with Gasteiger partial charge in [0.15, 0.2) is 0 Å². The van der Waals surface area contributed by atoms with E-state index in [0.717, 1.165) is 0 Å². The number of aromatic carboxylic acids is 1. The zero-order valence-corrected chi connectivity index (χ0v) is 11.7. The Morgan fingerprint density at radius 1 is 1.39 bits per heavy atom. The molecule has 6 heteroatoms. The van der Waals surface area contributed by atoms with Gasteiger partial charge in [0, 0.05) is 10.5 Å². The number of carbonyl (C=O) groups excluding carboxylic acids is 1. The van der Waals surface area contributed by atoms with Crippen molar-refractivity contribution in [1.82, 2.24) is 0 Å². The van der Waals surface area contributed by atoms with E-state index in [2.05, 4.69) is 21.2 Å². The maximum atomic E-state index is 11.8. The monoisotopic (exact) mass is 314 g/mol. The summed E-state index contributed by atoms with van der Waals surface area (Å²) in [5.41, 5.74) is 5.94. The zero-order chi connectivity index (χ0) is 13.9. The van der Waals surface area contributed by atoms with Crippen LogP contribution in [-0.4, -0.2) is 23.0 Å². The van der Waals surface area contributed by atoms with Gasteiger partial charge in [0.1, 0.15) is 0 Å². The number of anilines is 1. The molecule has 2 unspecified atom stereocenters. The van der Waals surface area contributed by atoms with Crippen molar-refractivity contribution in [3.63, 3.8) is 0 Å². The lowest BCUT2D eigenvalue weighted by Crippen LogP contribution is -2.34. The number of nitrogens with two attached hydrogens (primary N) is 1. The van der Waals surface area contributed by atoms with Crippen LogP contribution in [0.2, 0.25) is 0 Å². The Kier molecular flexibility index (Phi) is 4.86. The van der Waals surface area contributed by atoms with E-state index in [0.29, 0.717) is 4.47 Å². The van der Waals surface area contributed by atoms with Crippen LogP contribution in [0, 0.1) is 5.92 Å². The second-order valence-corrected chi connectivity index (χ2v) is 5.05. The lowest BCUT2D eigenvalue weighted by atomic mass is 10.0. The first-order chi connectivity index (χ1) is 8.32. The second-order valence-electron chi connectivity index (χ2n) is 4.13. The summed E-state index contributed by atoms with van der Waals surface area (Å²) in [4.78, 5) is 22.9. The molecule has 0 aromatic heterocycles. The van der Waals surface area contributed by atoms with Gasteiger partial charge < -0.3 is 16.2 Å². The van der Waals surface area contributed by atoms with Crippen molar-refractivity contribution in [3.8, 4) is 0 Å². The van der Waals surface area contributed by atoms with Crippen LogP contribution in [0.4, 0.5) is 5.69 Å². The molecule has 0 aliphatic heterocycles. The summed E-state index contributed by atoms with van der Waals surface area (Å²) in [5, 5.41) is 11.6. The number of carboxylic acid groups (broad SMARTS) is 1. The molecule has 2 atom stereocenters. The molecule has 0 bridgehead atoms. The van der Waals surface area contributed by atoms with Gasteiger partial charge in [-0.3, -0.25) is 4.79 Å². The van der Waals surface area contributed by atoms with Gasteiger partial charge in [0.2, 0.25) is 5.91 Å². The molecule has 1 amide bonds. The van der Waals surface area contributed by atoms with Crippen molar-refractivity contribution in [2.24, 2.45) is 11.7 Å². The fourth-order valence-corrected chi connectivity index (χ4v) is 1.65. The molecule has 0 spiro atoms. The van der Waals surface area contributed by atoms with Gasteiger partial charge in [0.05, 0.1) is 17.2 Å². The fourth-order valence-electron chi connectivity index (χ4n) is 1.29. The zero-order valence-electron chi connectivity index (χ0n) is 10.1. The molecule has 0 aliphatic carbocycles. The van der Waals surface area contributed by atoms with E-state index in [1.165, 1.54) is 6.07 Å². The molecular formula is C12H15BrN2O3. The third-order valence-electron chi connectivity index (χ3n) is 2.67. The van der Waals surface area contributed by atoms with E-state index >= 15 is 0 Å². The summed E-state index contributed by atoms with van der Waals surface area (Å²) < 4.78 is 0.691. The normalized spacial score (nSPS) is 13.8. The van der Waals surface area contributed by atoms with E-state index in [-0.39, 0.29) is 23.2 Å². The third kappa shape index (κ3) is 3.54. The van der Waals surface area contributed by atoms with Gasteiger partial charge in [-0.05, 0) is 25.1 Å². The quantitative estimate of drug-likeness (QED) is 0.793. The number of halogens is 1. The Morgan fingerprint density at radius 3 is 2.50 bits per heavy atom. The van der Waals surface area contributed by atoms with Crippen LogP contribution >= 0.6 is 15.9 Å². The number of carboxylic acids is 1. The van der Waals surface area contributed by atoms with Gasteiger partial charge in [-0.25, -0.2) is 4.79 Å². The number of nitrogens with one attached hydrogen (secondary N) is 1. The second kappa shape index (κ2) is 5.97. The van der Waals surface area contributed by atoms with E-state index in [9.17, 15) is 9.59 Å². The average Bonchev–Trinajstić information content (AvgIpc) is 2.27. The minimum Gasteiger partial charge on any atom is -0.478 e. The minimum atomic E-state index is -1.09. The van der Waals surface area contributed by atoms with Gasteiger partial charge in [-0.15, -0.1) is 0 Å². The molecular weight excluding hydrogens is 300 g/mol. The van der Waals surface area contributed by atoms with Gasteiger partial charge in [0.25, 0.3) is 0 Å². The van der Waals surface area contributed by atoms with Crippen LogP contribution in [0.15, 0.2) is 22.7 Å². The predicted molar refractivity (Wildman–Crippen MR) is 72.5 cm³/mol. The standard InChI is InChI=1S/C12H15BrN2O3/c1-6(7(2)14)11(16)15-10-5-8(13)3-4-9(10)12(17)18/h3-7H,14H2,1-2H3,(H,15,16)(H,17,18). The average molecular weight is 315 g/mol. The van der Waals surface area contributed by atoms with Crippen molar-refractivity contribution < 1.29 is 14.7 Å². The number of carbonyl (C=O) groups is 2. The summed E-state index contributed by atoms with van der Waals surface area (Å²) in [7, 11) is 0. The van der Waals surface area contributed by atoms with Crippen molar-refractivity contribution in [2.75, 3.05) is 5.32 Å². The van der Waals surface area contributed by atoms with Crippen molar-refractivity contribution in [2.45, 2.75) is 19.9 Å². The van der Waals surface area contributed by atoms with E-state index in [1.807, 2.05) is 0 Å². The molecule has 18 heavy (non-hydrogen) atoms. The smallest absolute Gasteiger partial charge is 0.337 e. The van der Waals surface area contributed by atoms with Crippen LogP contribution in [0.25, 0.3) is 0 Å². The summed E-state index contributed by atoms with van der Waals surface area (Å²) in [6.45, 7) is 3.42. The first-order valence-electron chi connectivity index (χ1n) is 5.42.